The number of ether oxygens (including phenoxy) is 2. The van der Waals surface area contributed by atoms with Crippen LogP contribution in [0, 0.1) is 0 Å². The summed E-state index contributed by atoms with van der Waals surface area (Å²) in [5.74, 6) is 1.86. The van der Waals surface area contributed by atoms with Gasteiger partial charge in [0, 0.05) is 18.3 Å². The Balaban J connectivity index is 2.10. The van der Waals surface area contributed by atoms with E-state index in [9.17, 15) is 4.79 Å². The first kappa shape index (κ1) is 17.6. The Labute approximate surface area is 142 Å². The lowest BCUT2D eigenvalue weighted by Crippen LogP contribution is -2.31. The second kappa shape index (κ2) is 8.19. The average Bonchev–Trinajstić information content (AvgIpc) is 2.62. The van der Waals surface area contributed by atoms with Crippen LogP contribution in [0.4, 0.5) is 11.5 Å². The summed E-state index contributed by atoms with van der Waals surface area (Å²) in [7, 11) is 3.20. The quantitative estimate of drug-likeness (QED) is 0.815. The Kier molecular flexibility index (Phi) is 6.01. The van der Waals surface area contributed by atoms with E-state index < -0.39 is 0 Å². The number of rotatable bonds is 7. The molecule has 6 heteroatoms. The number of pyridine rings is 1. The number of carbonyl (C=O) groups excluding carboxylic acids is 1. The standard InChI is InChI=1S/C18H23N3O3/c1-5-12(2)20-18(22)13-6-9-17(19-11-13)21-15-8-7-14(23-3)10-16(15)24-4/h6-12H,5H2,1-4H3,(H,19,21)(H,20,22). The van der Waals surface area contributed by atoms with Crippen LogP contribution < -0.4 is 20.1 Å². The van der Waals surface area contributed by atoms with Crippen molar-refractivity contribution in [2.24, 2.45) is 0 Å². The number of amides is 1. The molecular formula is C18H23N3O3. The number of carbonyl (C=O) groups is 1. The van der Waals surface area contributed by atoms with Crippen LogP contribution in [0.25, 0.3) is 0 Å². The summed E-state index contributed by atoms with van der Waals surface area (Å²) in [5, 5.41) is 6.08. The van der Waals surface area contributed by atoms with E-state index in [0.717, 1.165) is 12.1 Å². The Morgan fingerprint density at radius 2 is 2.00 bits per heavy atom. The van der Waals surface area contributed by atoms with Crippen LogP contribution in [0.2, 0.25) is 0 Å². The highest BCUT2D eigenvalue weighted by Crippen LogP contribution is 2.30. The number of hydrogen-bond donors (Lipinski definition) is 2. The smallest absolute Gasteiger partial charge is 0.253 e. The van der Waals surface area contributed by atoms with E-state index >= 15 is 0 Å². The van der Waals surface area contributed by atoms with E-state index in [4.69, 9.17) is 9.47 Å². The molecule has 24 heavy (non-hydrogen) atoms. The topological polar surface area (TPSA) is 72.5 Å². The maximum Gasteiger partial charge on any atom is 0.253 e. The Morgan fingerprint density at radius 1 is 1.21 bits per heavy atom. The normalized spacial score (nSPS) is 11.5. The predicted molar refractivity (Wildman–Crippen MR) is 94.3 cm³/mol. The van der Waals surface area contributed by atoms with Crippen molar-refractivity contribution in [2.45, 2.75) is 26.3 Å². The third-order valence-corrected chi connectivity index (χ3v) is 3.69. The summed E-state index contributed by atoms with van der Waals surface area (Å²) in [4.78, 5) is 16.3. The molecule has 0 fully saturated rings. The molecule has 0 bridgehead atoms. The van der Waals surface area contributed by atoms with Gasteiger partial charge in [-0.15, -0.1) is 0 Å². The molecular weight excluding hydrogens is 306 g/mol. The van der Waals surface area contributed by atoms with Gasteiger partial charge in [-0.25, -0.2) is 4.98 Å². The molecule has 6 nitrogen and oxygen atoms in total. The van der Waals surface area contributed by atoms with E-state index in [1.807, 2.05) is 26.0 Å². The zero-order valence-electron chi connectivity index (χ0n) is 14.4. The van der Waals surface area contributed by atoms with Gasteiger partial charge in [0.25, 0.3) is 5.91 Å². The molecule has 0 saturated carbocycles. The molecule has 1 amide bonds. The highest BCUT2D eigenvalue weighted by molar-refractivity contribution is 5.94. The van der Waals surface area contributed by atoms with Gasteiger partial charge in [0.1, 0.15) is 17.3 Å². The number of benzene rings is 1. The fourth-order valence-corrected chi connectivity index (χ4v) is 2.05. The van der Waals surface area contributed by atoms with Crippen LogP contribution in [-0.4, -0.2) is 31.2 Å². The van der Waals surface area contributed by atoms with E-state index in [-0.39, 0.29) is 11.9 Å². The maximum absolute atomic E-state index is 12.0. The van der Waals surface area contributed by atoms with Crippen LogP contribution >= 0.6 is 0 Å². The molecule has 2 N–H and O–H groups in total. The summed E-state index contributed by atoms with van der Waals surface area (Å²) in [6, 6.07) is 9.11. The molecule has 0 aliphatic rings. The molecule has 1 aromatic carbocycles. The minimum atomic E-state index is -0.120. The Hall–Kier alpha value is -2.76. The van der Waals surface area contributed by atoms with Crippen molar-refractivity contribution in [1.29, 1.82) is 0 Å². The van der Waals surface area contributed by atoms with Crippen molar-refractivity contribution in [1.82, 2.24) is 10.3 Å². The molecule has 1 unspecified atom stereocenters. The zero-order valence-corrected chi connectivity index (χ0v) is 14.4. The second-order valence-electron chi connectivity index (χ2n) is 5.41. The van der Waals surface area contributed by atoms with Crippen LogP contribution in [0.5, 0.6) is 11.5 Å². The molecule has 1 atom stereocenters. The summed E-state index contributed by atoms with van der Waals surface area (Å²) in [5.41, 5.74) is 1.30. The van der Waals surface area contributed by atoms with Crippen molar-refractivity contribution in [3.8, 4) is 11.5 Å². The molecule has 0 saturated heterocycles. The molecule has 0 aliphatic carbocycles. The Morgan fingerprint density at radius 3 is 2.58 bits per heavy atom. The first-order chi connectivity index (χ1) is 11.6. The predicted octanol–water partition coefficient (Wildman–Crippen LogP) is 3.37. The number of hydrogen-bond acceptors (Lipinski definition) is 5. The zero-order chi connectivity index (χ0) is 17.5. The van der Waals surface area contributed by atoms with Crippen LogP contribution in [0.3, 0.4) is 0 Å². The van der Waals surface area contributed by atoms with Crippen molar-refractivity contribution >= 4 is 17.4 Å². The largest absolute Gasteiger partial charge is 0.497 e. The highest BCUT2D eigenvalue weighted by atomic mass is 16.5. The second-order valence-corrected chi connectivity index (χ2v) is 5.41. The van der Waals surface area contributed by atoms with Crippen molar-refractivity contribution in [2.75, 3.05) is 19.5 Å². The first-order valence-corrected chi connectivity index (χ1v) is 7.83. The van der Waals surface area contributed by atoms with Crippen molar-refractivity contribution in [3.05, 3.63) is 42.1 Å². The van der Waals surface area contributed by atoms with Crippen LogP contribution in [0.15, 0.2) is 36.5 Å². The maximum atomic E-state index is 12.0. The monoisotopic (exact) mass is 329 g/mol. The van der Waals surface area contributed by atoms with Gasteiger partial charge in [-0.05, 0) is 37.6 Å². The lowest BCUT2D eigenvalue weighted by Gasteiger charge is -2.13. The molecule has 0 aliphatic heterocycles. The number of aromatic nitrogens is 1. The summed E-state index contributed by atoms with van der Waals surface area (Å²) < 4.78 is 10.5. The minimum Gasteiger partial charge on any atom is -0.497 e. The molecule has 1 aromatic heterocycles. The summed E-state index contributed by atoms with van der Waals surface area (Å²) in [6.07, 6.45) is 2.44. The average molecular weight is 329 g/mol. The fourth-order valence-electron chi connectivity index (χ4n) is 2.05. The van der Waals surface area contributed by atoms with E-state index in [0.29, 0.717) is 22.9 Å². The van der Waals surface area contributed by atoms with Gasteiger partial charge in [0.15, 0.2) is 0 Å². The minimum absolute atomic E-state index is 0.120. The van der Waals surface area contributed by atoms with Gasteiger partial charge >= 0.3 is 0 Å². The lowest BCUT2D eigenvalue weighted by atomic mass is 10.2. The van der Waals surface area contributed by atoms with Gasteiger partial charge in [-0.3, -0.25) is 4.79 Å². The third kappa shape index (κ3) is 4.38. The molecule has 0 spiro atoms. The van der Waals surface area contributed by atoms with E-state index in [1.54, 1.807) is 38.6 Å². The van der Waals surface area contributed by atoms with E-state index in [2.05, 4.69) is 15.6 Å². The van der Waals surface area contributed by atoms with Gasteiger partial charge in [0.2, 0.25) is 0 Å². The summed E-state index contributed by atoms with van der Waals surface area (Å²) in [6.45, 7) is 4.00. The van der Waals surface area contributed by atoms with Crippen LogP contribution in [-0.2, 0) is 0 Å². The number of anilines is 2. The van der Waals surface area contributed by atoms with E-state index in [1.165, 1.54) is 0 Å². The van der Waals surface area contributed by atoms with Crippen LogP contribution in [0.1, 0.15) is 30.6 Å². The summed E-state index contributed by atoms with van der Waals surface area (Å²) >= 11 is 0. The number of nitrogens with one attached hydrogen (secondary N) is 2. The van der Waals surface area contributed by atoms with Gasteiger partial charge in [-0.2, -0.15) is 0 Å². The van der Waals surface area contributed by atoms with Gasteiger partial charge < -0.3 is 20.1 Å². The van der Waals surface area contributed by atoms with Gasteiger partial charge in [0.05, 0.1) is 25.5 Å². The fraction of sp³-hybridized carbons (Fsp3) is 0.333. The van der Waals surface area contributed by atoms with Crippen molar-refractivity contribution < 1.29 is 14.3 Å². The first-order valence-electron chi connectivity index (χ1n) is 7.83. The molecule has 2 rings (SSSR count). The molecule has 1 heterocycles. The highest BCUT2D eigenvalue weighted by Gasteiger charge is 2.10. The molecule has 0 radical (unpaired) electrons. The molecule has 2 aromatic rings. The lowest BCUT2D eigenvalue weighted by molar-refractivity contribution is 0.0939. The Bertz CT molecular complexity index is 686. The number of methoxy groups -OCH3 is 2. The third-order valence-electron chi connectivity index (χ3n) is 3.69. The molecule has 128 valence electrons. The van der Waals surface area contributed by atoms with Gasteiger partial charge in [-0.1, -0.05) is 6.92 Å². The SMILES string of the molecule is CCC(C)NC(=O)c1ccc(Nc2ccc(OC)cc2OC)nc1. The van der Waals surface area contributed by atoms with Crippen molar-refractivity contribution in [3.63, 3.8) is 0 Å². The number of nitrogens with zero attached hydrogens (tertiary/aromatic N) is 1.